The van der Waals surface area contributed by atoms with Gasteiger partial charge >= 0.3 is 0 Å². The molecule has 0 bridgehead atoms. The Kier molecular flexibility index (Phi) is 5.43. The first kappa shape index (κ1) is 16.8. The van der Waals surface area contributed by atoms with Crippen molar-refractivity contribution in [1.29, 1.82) is 0 Å². The zero-order chi connectivity index (χ0) is 15.4. The molecule has 20 heavy (non-hydrogen) atoms. The van der Waals surface area contributed by atoms with Crippen LogP contribution in [0.1, 0.15) is 53.9 Å². The van der Waals surface area contributed by atoms with Gasteiger partial charge in [0.15, 0.2) is 0 Å². The molecule has 3 nitrogen and oxygen atoms in total. The van der Waals surface area contributed by atoms with Crippen LogP contribution in [0.25, 0.3) is 0 Å². The summed E-state index contributed by atoms with van der Waals surface area (Å²) in [6, 6.07) is 0. The van der Waals surface area contributed by atoms with Crippen molar-refractivity contribution in [1.82, 2.24) is 0 Å². The van der Waals surface area contributed by atoms with Crippen LogP contribution in [0.15, 0.2) is 28.6 Å². The summed E-state index contributed by atoms with van der Waals surface area (Å²) in [5.74, 6) is 1.12. The Labute approximate surface area is 123 Å². The van der Waals surface area contributed by atoms with Crippen LogP contribution in [0.2, 0.25) is 0 Å². The van der Waals surface area contributed by atoms with Gasteiger partial charge in [-0.2, -0.15) is 0 Å². The van der Waals surface area contributed by atoms with Crippen molar-refractivity contribution < 1.29 is 9.94 Å². The van der Waals surface area contributed by atoms with Crippen LogP contribution in [0, 0.1) is 16.7 Å². The summed E-state index contributed by atoms with van der Waals surface area (Å²) in [7, 11) is 1.73. The summed E-state index contributed by atoms with van der Waals surface area (Å²) in [6.07, 6.45) is 9.23. The maximum atomic E-state index is 9.02. The van der Waals surface area contributed by atoms with Crippen molar-refractivity contribution in [2.24, 2.45) is 21.9 Å². The summed E-state index contributed by atoms with van der Waals surface area (Å²) in [5, 5.41) is 12.3. The van der Waals surface area contributed by atoms with Gasteiger partial charge in [-0.3, -0.25) is 0 Å². The Bertz CT molecular complexity index is 425. The maximum Gasteiger partial charge on any atom is 0.103 e. The molecule has 0 aromatic rings. The first-order valence-corrected chi connectivity index (χ1v) is 7.52. The molecule has 1 aliphatic rings. The van der Waals surface area contributed by atoms with E-state index in [2.05, 4.69) is 51.9 Å². The molecule has 0 radical (unpaired) electrons. The van der Waals surface area contributed by atoms with E-state index in [1.807, 2.05) is 0 Å². The minimum absolute atomic E-state index is 0.00616. The van der Waals surface area contributed by atoms with Gasteiger partial charge < -0.3 is 9.94 Å². The second kappa shape index (κ2) is 6.47. The average Bonchev–Trinajstić information content (AvgIpc) is 2.40. The van der Waals surface area contributed by atoms with Crippen molar-refractivity contribution in [3.8, 4) is 0 Å². The van der Waals surface area contributed by atoms with E-state index in [0.717, 1.165) is 25.0 Å². The maximum absolute atomic E-state index is 9.02. The molecule has 1 aliphatic carbocycles. The number of ether oxygens (including phenoxy) is 1. The predicted molar refractivity (Wildman–Crippen MR) is 84.0 cm³/mol. The molecule has 0 spiro atoms. The van der Waals surface area contributed by atoms with Crippen molar-refractivity contribution in [3.05, 3.63) is 23.5 Å². The molecule has 0 fully saturated rings. The molecule has 0 saturated heterocycles. The topological polar surface area (TPSA) is 41.8 Å². The second-order valence-electron chi connectivity index (χ2n) is 6.25. The molecule has 0 aromatic heterocycles. The van der Waals surface area contributed by atoms with E-state index in [1.54, 1.807) is 13.3 Å². The summed E-state index contributed by atoms with van der Waals surface area (Å²) >= 11 is 0. The van der Waals surface area contributed by atoms with Gasteiger partial charge in [0.1, 0.15) is 5.76 Å². The Hall–Kier alpha value is -1.25. The van der Waals surface area contributed by atoms with Gasteiger partial charge in [-0.1, -0.05) is 45.8 Å². The third-order valence-corrected chi connectivity index (χ3v) is 5.02. The molecule has 3 heteroatoms. The molecule has 0 aromatic carbocycles. The van der Waals surface area contributed by atoms with Gasteiger partial charge in [0.25, 0.3) is 0 Å². The molecular formula is C17H29NO2. The van der Waals surface area contributed by atoms with Gasteiger partial charge in [0.2, 0.25) is 0 Å². The monoisotopic (exact) mass is 279 g/mol. The lowest BCUT2D eigenvalue weighted by Gasteiger charge is -2.51. The fourth-order valence-corrected chi connectivity index (χ4v) is 3.80. The Morgan fingerprint density at radius 2 is 2.05 bits per heavy atom. The number of hydrogen-bond donors (Lipinski definition) is 1. The number of oxime groups is 1. The minimum atomic E-state index is -0.196. The van der Waals surface area contributed by atoms with E-state index in [9.17, 15) is 0 Å². The smallest absolute Gasteiger partial charge is 0.103 e. The first-order valence-electron chi connectivity index (χ1n) is 7.52. The third-order valence-electron chi connectivity index (χ3n) is 5.02. The van der Waals surface area contributed by atoms with Gasteiger partial charge in [0, 0.05) is 17.5 Å². The molecule has 0 saturated carbocycles. The lowest BCUT2D eigenvalue weighted by Crippen LogP contribution is -2.46. The molecule has 3 atom stereocenters. The number of hydrogen-bond acceptors (Lipinski definition) is 3. The second-order valence-corrected chi connectivity index (χ2v) is 6.25. The fraction of sp³-hybridized carbons (Fsp3) is 0.706. The van der Waals surface area contributed by atoms with Crippen molar-refractivity contribution in [3.63, 3.8) is 0 Å². The van der Waals surface area contributed by atoms with E-state index < -0.39 is 0 Å². The number of nitrogens with zero attached hydrogens (tertiary/aromatic N) is 1. The van der Waals surface area contributed by atoms with Gasteiger partial charge in [0.05, 0.1) is 7.11 Å². The van der Waals surface area contributed by atoms with Crippen LogP contribution in [0.4, 0.5) is 0 Å². The lowest BCUT2D eigenvalue weighted by molar-refractivity contribution is 0.0374. The van der Waals surface area contributed by atoms with Gasteiger partial charge in [-0.25, -0.2) is 0 Å². The summed E-state index contributed by atoms with van der Waals surface area (Å²) in [4.78, 5) is 0. The number of rotatable bonds is 6. The molecule has 0 aliphatic heterocycles. The van der Waals surface area contributed by atoms with Crippen molar-refractivity contribution in [2.45, 2.75) is 53.9 Å². The predicted octanol–water partition coefficient (Wildman–Crippen LogP) is 4.78. The third kappa shape index (κ3) is 2.63. The summed E-state index contributed by atoms with van der Waals surface area (Å²) in [5.41, 5.74) is 1.04. The number of methoxy groups -OCH3 is 1. The highest BCUT2D eigenvalue weighted by Crippen LogP contribution is 2.57. The van der Waals surface area contributed by atoms with E-state index in [-0.39, 0.29) is 16.7 Å². The van der Waals surface area contributed by atoms with Gasteiger partial charge in [-0.15, -0.1) is 5.16 Å². The quantitative estimate of drug-likeness (QED) is 0.432. The van der Waals surface area contributed by atoms with E-state index in [1.165, 1.54) is 5.57 Å². The Morgan fingerprint density at radius 3 is 2.50 bits per heavy atom. The normalized spacial score (nSPS) is 31.9. The van der Waals surface area contributed by atoms with Crippen LogP contribution in [0.5, 0.6) is 0 Å². The van der Waals surface area contributed by atoms with Gasteiger partial charge in [-0.05, 0) is 31.3 Å². The van der Waals surface area contributed by atoms with E-state index in [0.29, 0.717) is 0 Å². The molecule has 3 unspecified atom stereocenters. The molecule has 114 valence electrons. The summed E-state index contributed by atoms with van der Waals surface area (Å²) < 4.78 is 5.73. The standard InChI is InChI=1S/C17H29NO2/c1-7-9-16(4)11-13(3)10-15(20-6)17(16,5)14(8-2)12-18-19/h10-12,14,19H,7-9H2,1-6H3/b18-12-. The fourth-order valence-electron chi connectivity index (χ4n) is 3.80. The van der Waals surface area contributed by atoms with Crippen molar-refractivity contribution >= 4 is 6.21 Å². The minimum Gasteiger partial charge on any atom is -0.500 e. The average molecular weight is 279 g/mol. The zero-order valence-corrected chi connectivity index (χ0v) is 13.7. The number of allylic oxidation sites excluding steroid dienone is 4. The summed E-state index contributed by atoms with van der Waals surface area (Å²) in [6.45, 7) is 11.0. The molecule has 1 N–H and O–H groups in total. The molecule has 1 rings (SSSR count). The SMILES string of the molecule is CCCC1(C)C=C(C)C=C(OC)C1(C)C(/C=N\O)CC. The van der Waals surface area contributed by atoms with Crippen LogP contribution < -0.4 is 0 Å². The van der Waals surface area contributed by atoms with Crippen LogP contribution in [0.3, 0.4) is 0 Å². The highest BCUT2D eigenvalue weighted by Gasteiger charge is 2.52. The van der Waals surface area contributed by atoms with Crippen molar-refractivity contribution in [2.75, 3.05) is 7.11 Å². The lowest BCUT2D eigenvalue weighted by atomic mass is 9.54. The molecular weight excluding hydrogens is 250 g/mol. The van der Waals surface area contributed by atoms with Crippen LogP contribution >= 0.6 is 0 Å². The highest BCUT2D eigenvalue weighted by atomic mass is 16.5. The largest absolute Gasteiger partial charge is 0.500 e. The van der Waals surface area contributed by atoms with Crippen LogP contribution in [-0.2, 0) is 4.74 Å². The molecule has 0 amide bonds. The first-order chi connectivity index (χ1) is 9.39. The molecule has 0 heterocycles. The Balaban J connectivity index is 3.44. The Morgan fingerprint density at radius 1 is 1.40 bits per heavy atom. The van der Waals surface area contributed by atoms with Crippen LogP contribution in [-0.4, -0.2) is 18.5 Å². The van der Waals surface area contributed by atoms with E-state index in [4.69, 9.17) is 9.94 Å². The zero-order valence-electron chi connectivity index (χ0n) is 13.7. The highest BCUT2D eigenvalue weighted by molar-refractivity contribution is 5.63. The van der Waals surface area contributed by atoms with E-state index >= 15 is 0 Å².